The van der Waals surface area contributed by atoms with Crippen LogP contribution in [0.15, 0.2) is 29.6 Å². The minimum atomic E-state index is -0.168. The zero-order chi connectivity index (χ0) is 12.1. The van der Waals surface area contributed by atoms with Gasteiger partial charge in [0.25, 0.3) is 5.91 Å². The predicted molar refractivity (Wildman–Crippen MR) is 66.8 cm³/mol. The first-order valence-corrected chi connectivity index (χ1v) is 6.01. The molecular formula is C13H17N3O. The van der Waals surface area contributed by atoms with Crippen molar-refractivity contribution in [3.05, 3.63) is 30.1 Å². The molecule has 1 unspecified atom stereocenters. The third-order valence-corrected chi connectivity index (χ3v) is 3.00. The normalized spacial score (nSPS) is 22.4. The average Bonchev–Trinajstić information content (AvgIpc) is 2.37. The summed E-state index contributed by atoms with van der Waals surface area (Å²) in [5.41, 5.74) is 4.30. The second-order valence-corrected chi connectivity index (χ2v) is 4.56. The number of hydrazone groups is 1. The van der Waals surface area contributed by atoms with Gasteiger partial charge in [-0.1, -0.05) is 6.92 Å². The second-order valence-electron chi connectivity index (χ2n) is 4.56. The first kappa shape index (κ1) is 11.8. The molecule has 1 aliphatic carbocycles. The van der Waals surface area contributed by atoms with Gasteiger partial charge in [0.2, 0.25) is 0 Å². The third-order valence-electron chi connectivity index (χ3n) is 3.00. The molecular weight excluding hydrogens is 214 g/mol. The van der Waals surface area contributed by atoms with Crippen molar-refractivity contribution in [2.45, 2.75) is 32.6 Å². The lowest BCUT2D eigenvalue weighted by Gasteiger charge is -2.18. The van der Waals surface area contributed by atoms with Crippen LogP contribution in [0.3, 0.4) is 0 Å². The molecule has 1 fully saturated rings. The standard InChI is InChI=1S/C13H17N3O/c1-10-3-2-4-12(9-10)15-16-13(17)11-5-7-14-8-6-11/h5-8,10H,2-4,9H2,1H3,(H,16,17)/b15-12-. The van der Waals surface area contributed by atoms with Crippen LogP contribution in [0, 0.1) is 5.92 Å². The van der Waals surface area contributed by atoms with Gasteiger partial charge < -0.3 is 0 Å². The van der Waals surface area contributed by atoms with Gasteiger partial charge in [-0.05, 0) is 43.7 Å². The Bertz CT molecular complexity index is 414. The SMILES string of the molecule is CC1CCC/C(=N/NC(=O)c2ccncc2)C1. The number of amides is 1. The summed E-state index contributed by atoms with van der Waals surface area (Å²) >= 11 is 0. The van der Waals surface area contributed by atoms with Crippen molar-refractivity contribution in [1.82, 2.24) is 10.4 Å². The molecule has 1 aromatic rings. The molecule has 90 valence electrons. The first-order chi connectivity index (χ1) is 8.25. The molecule has 4 heteroatoms. The summed E-state index contributed by atoms with van der Waals surface area (Å²) in [6, 6.07) is 3.36. The van der Waals surface area contributed by atoms with E-state index in [1.807, 2.05) is 0 Å². The van der Waals surface area contributed by atoms with E-state index in [1.165, 1.54) is 12.8 Å². The number of hydrogen-bond donors (Lipinski definition) is 1. The third kappa shape index (κ3) is 3.37. The fourth-order valence-corrected chi connectivity index (χ4v) is 2.06. The smallest absolute Gasteiger partial charge is 0.267 e. The quantitative estimate of drug-likeness (QED) is 0.794. The van der Waals surface area contributed by atoms with Crippen LogP contribution < -0.4 is 5.43 Å². The van der Waals surface area contributed by atoms with E-state index in [0.29, 0.717) is 11.5 Å². The van der Waals surface area contributed by atoms with Crippen LogP contribution in [0.1, 0.15) is 43.0 Å². The Labute approximate surface area is 101 Å². The molecule has 1 saturated carbocycles. The van der Waals surface area contributed by atoms with Crippen LogP contribution in [0.5, 0.6) is 0 Å². The lowest BCUT2D eigenvalue weighted by Crippen LogP contribution is -2.22. The maximum Gasteiger partial charge on any atom is 0.271 e. The number of nitrogens with zero attached hydrogens (tertiary/aromatic N) is 2. The monoisotopic (exact) mass is 231 g/mol. The number of carbonyl (C=O) groups is 1. The Morgan fingerprint density at radius 2 is 2.24 bits per heavy atom. The molecule has 1 heterocycles. The van der Waals surface area contributed by atoms with Gasteiger partial charge in [-0.25, -0.2) is 5.43 Å². The van der Waals surface area contributed by atoms with Crippen molar-refractivity contribution in [1.29, 1.82) is 0 Å². The highest BCUT2D eigenvalue weighted by molar-refractivity contribution is 5.95. The number of carbonyl (C=O) groups excluding carboxylic acids is 1. The van der Waals surface area contributed by atoms with Gasteiger partial charge >= 0.3 is 0 Å². The highest BCUT2D eigenvalue weighted by atomic mass is 16.2. The average molecular weight is 231 g/mol. The summed E-state index contributed by atoms with van der Waals surface area (Å²) in [6.07, 6.45) is 7.63. The predicted octanol–water partition coefficient (Wildman–Crippen LogP) is 2.38. The van der Waals surface area contributed by atoms with Crippen LogP contribution in [0.4, 0.5) is 0 Å². The lowest BCUT2D eigenvalue weighted by atomic mass is 9.89. The maximum absolute atomic E-state index is 11.7. The highest BCUT2D eigenvalue weighted by Gasteiger charge is 2.14. The Balaban J connectivity index is 1.93. The van der Waals surface area contributed by atoms with Crippen molar-refractivity contribution in [3.63, 3.8) is 0 Å². The summed E-state index contributed by atoms with van der Waals surface area (Å²) in [6.45, 7) is 2.22. The van der Waals surface area contributed by atoms with Crippen LogP contribution >= 0.6 is 0 Å². The molecule has 4 nitrogen and oxygen atoms in total. The molecule has 1 aromatic heterocycles. The largest absolute Gasteiger partial charge is 0.271 e. The van der Waals surface area contributed by atoms with E-state index < -0.39 is 0 Å². The van der Waals surface area contributed by atoms with E-state index in [0.717, 1.165) is 18.6 Å². The van der Waals surface area contributed by atoms with Crippen LogP contribution in [-0.2, 0) is 0 Å². The van der Waals surface area contributed by atoms with E-state index >= 15 is 0 Å². The van der Waals surface area contributed by atoms with Gasteiger partial charge in [-0.2, -0.15) is 5.10 Å². The van der Waals surface area contributed by atoms with Gasteiger partial charge in [0.15, 0.2) is 0 Å². The number of aromatic nitrogens is 1. The summed E-state index contributed by atoms with van der Waals surface area (Å²) in [7, 11) is 0. The Kier molecular flexibility index (Phi) is 3.85. The van der Waals surface area contributed by atoms with E-state index in [4.69, 9.17) is 0 Å². The zero-order valence-electron chi connectivity index (χ0n) is 10.0. The molecule has 0 bridgehead atoms. The minimum absolute atomic E-state index is 0.168. The van der Waals surface area contributed by atoms with Crippen molar-refractivity contribution < 1.29 is 4.79 Å². The minimum Gasteiger partial charge on any atom is -0.267 e. The molecule has 17 heavy (non-hydrogen) atoms. The molecule has 2 rings (SSSR count). The van der Waals surface area contributed by atoms with Crippen molar-refractivity contribution in [3.8, 4) is 0 Å². The van der Waals surface area contributed by atoms with E-state index in [2.05, 4.69) is 22.4 Å². The summed E-state index contributed by atoms with van der Waals surface area (Å²) in [5.74, 6) is 0.512. The Hall–Kier alpha value is -1.71. The summed E-state index contributed by atoms with van der Waals surface area (Å²) in [5, 5.41) is 4.21. The number of rotatable bonds is 2. The number of hydrogen-bond acceptors (Lipinski definition) is 3. The molecule has 1 amide bonds. The second kappa shape index (κ2) is 5.57. The van der Waals surface area contributed by atoms with E-state index in [1.54, 1.807) is 24.5 Å². The fourth-order valence-electron chi connectivity index (χ4n) is 2.06. The van der Waals surface area contributed by atoms with Crippen molar-refractivity contribution in [2.24, 2.45) is 11.0 Å². The van der Waals surface area contributed by atoms with Gasteiger partial charge in [-0.15, -0.1) is 0 Å². The Morgan fingerprint density at radius 3 is 2.94 bits per heavy atom. The van der Waals surface area contributed by atoms with Crippen molar-refractivity contribution in [2.75, 3.05) is 0 Å². The molecule has 0 aliphatic heterocycles. The van der Waals surface area contributed by atoms with Crippen LogP contribution in [0.25, 0.3) is 0 Å². The highest BCUT2D eigenvalue weighted by Crippen LogP contribution is 2.20. The van der Waals surface area contributed by atoms with Gasteiger partial charge in [0.1, 0.15) is 0 Å². The topological polar surface area (TPSA) is 54.4 Å². The summed E-state index contributed by atoms with van der Waals surface area (Å²) in [4.78, 5) is 15.6. The maximum atomic E-state index is 11.7. The summed E-state index contributed by atoms with van der Waals surface area (Å²) < 4.78 is 0. The van der Waals surface area contributed by atoms with E-state index in [9.17, 15) is 4.79 Å². The molecule has 0 radical (unpaired) electrons. The Morgan fingerprint density at radius 1 is 1.47 bits per heavy atom. The van der Waals surface area contributed by atoms with Crippen LogP contribution in [-0.4, -0.2) is 16.6 Å². The molecule has 1 atom stereocenters. The molecule has 0 aromatic carbocycles. The lowest BCUT2D eigenvalue weighted by molar-refractivity contribution is 0.0954. The van der Waals surface area contributed by atoms with Gasteiger partial charge in [0, 0.05) is 23.7 Å². The zero-order valence-corrected chi connectivity index (χ0v) is 10.0. The molecule has 0 spiro atoms. The fraction of sp³-hybridized carbons (Fsp3) is 0.462. The van der Waals surface area contributed by atoms with E-state index in [-0.39, 0.29) is 5.91 Å². The van der Waals surface area contributed by atoms with Gasteiger partial charge in [-0.3, -0.25) is 9.78 Å². The van der Waals surface area contributed by atoms with Crippen molar-refractivity contribution >= 4 is 11.6 Å². The molecule has 1 N–H and O–H groups in total. The number of nitrogens with one attached hydrogen (secondary N) is 1. The van der Waals surface area contributed by atoms with Crippen LogP contribution in [0.2, 0.25) is 0 Å². The first-order valence-electron chi connectivity index (χ1n) is 6.01. The molecule has 0 saturated heterocycles. The molecule has 1 aliphatic rings. The number of pyridine rings is 1. The van der Waals surface area contributed by atoms with Gasteiger partial charge in [0.05, 0.1) is 0 Å².